The lowest BCUT2D eigenvalue weighted by Gasteiger charge is -2.35. The minimum absolute atomic E-state index is 0.267. The molecule has 0 bridgehead atoms. The molecule has 5 rings (SSSR count). The maximum Gasteiger partial charge on any atom is 0.252 e. The van der Waals surface area contributed by atoms with E-state index < -0.39 is 12.0 Å². The van der Waals surface area contributed by atoms with Gasteiger partial charge in [-0.2, -0.15) is 0 Å². The smallest absolute Gasteiger partial charge is 0.252 e. The van der Waals surface area contributed by atoms with Gasteiger partial charge in [0, 0.05) is 43.4 Å². The lowest BCUT2D eigenvalue weighted by molar-refractivity contribution is -0.125. The first-order chi connectivity index (χ1) is 17.6. The van der Waals surface area contributed by atoms with Crippen molar-refractivity contribution in [2.75, 3.05) is 31.5 Å². The lowest BCUT2D eigenvalue weighted by Crippen LogP contribution is -2.51. The fourth-order valence-corrected chi connectivity index (χ4v) is 4.77. The van der Waals surface area contributed by atoms with Crippen molar-refractivity contribution < 1.29 is 9.59 Å². The number of amides is 2. The highest BCUT2D eigenvalue weighted by Crippen LogP contribution is 2.27. The zero-order chi connectivity index (χ0) is 24.9. The van der Waals surface area contributed by atoms with Crippen molar-refractivity contribution in [3.63, 3.8) is 0 Å². The number of nitrogens with zero attached hydrogens (tertiary/aromatic N) is 3. The van der Waals surface area contributed by atoms with Gasteiger partial charge in [0.2, 0.25) is 11.9 Å². The molecular formula is C28H28ClN5O2. The number of aliphatic imine (C=N–C) groups is 1. The molecule has 3 aromatic carbocycles. The van der Waals surface area contributed by atoms with Crippen LogP contribution in [0.5, 0.6) is 0 Å². The van der Waals surface area contributed by atoms with Gasteiger partial charge in [-0.3, -0.25) is 19.8 Å². The summed E-state index contributed by atoms with van der Waals surface area (Å²) in [7, 11) is 0. The van der Waals surface area contributed by atoms with Crippen molar-refractivity contribution in [1.82, 2.24) is 15.1 Å². The molecule has 0 aliphatic carbocycles. The Morgan fingerprint density at radius 1 is 0.944 bits per heavy atom. The number of halogens is 1. The third-order valence-corrected chi connectivity index (χ3v) is 6.81. The van der Waals surface area contributed by atoms with Gasteiger partial charge in [0.1, 0.15) is 6.04 Å². The van der Waals surface area contributed by atoms with E-state index >= 15 is 0 Å². The van der Waals surface area contributed by atoms with Crippen LogP contribution in [0.15, 0.2) is 89.9 Å². The molecule has 36 heavy (non-hydrogen) atoms. The van der Waals surface area contributed by atoms with E-state index in [9.17, 15) is 9.59 Å². The largest absolute Gasteiger partial charge is 0.340 e. The molecule has 0 radical (unpaired) electrons. The SMILES string of the molecule is O=C(Nc1ccc(Cl)cc1)[C@H](c1ccccc1)[C@H]1N=C(N2CCN(Cc3ccccc3)CC2)NC1=O. The van der Waals surface area contributed by atoms with Crippen molar-refractivity contribution in [2.45, 2.75) is 18.5 Å². The third-order valence-electron chi connectivity index (χ3n) is 6.55. The molecular weight excluding hydrogens is 474 g/mol. The molecule has 2 atom stereocenters. The van der Waals surface area contributed by atoms with Gasteiger partial charge in [-0.25, -0.2) is 4.99 Å². The van der Waals surface area contributed by atoms with E-state index in [1.165, 1.54) is 5.56 Å². The van der Waals surface area contributed by atoms with Crippen LogP contribution in [0.4, 0.5) is 5.69 Å². The van der Waals surface area contributed by atoms with Crippen LogP contribution in [0, 0.1) is 0 Å². The lowest BCUT2D eigenvalue weighted by atomic mass is 9.90. The van der Waals surface area contributed by atoms with Crippen molar-refractivity contribution in [3.8, 4) is 0 Å². The molecule has 2 amide bonds. The molecule has 1 fully saturated rings. The van der Waals surface area contributed by atoms with Gasteiger partial charge in [0.05, 0.1) is 5.92 Å². The van der Waals surface area contributed by atoms with Crippen LogP contribution < -0.4 is 10.6 Å². The number of anilines is 1. The van der Waals surface area contributed by atoms with E-state index in [1.54, 1.807) is 24.3 Å². The number of carbonyl (C=O) groups excluding carboxylic acids is 2. The number of nitrogens with one attached hydrogen (secondary N) is 2. The predicted molar refractivity (Wildman–Crippen MR) is 142 cm³/mol. The Bertz CT molecular complexity index is 1230. The van der Waals surface area contributed by atoms with Gasteiger partial charge >= 0.3 is 0 Å². The van der Waals surface area contributed by atoms with Crippen LogP contribution in [-0.2, 0) is 16.1 Å². The predicted octanol–water partition coefficient (Wildman–Crippen LogP) is 3.73. The fraction of sp³-hybridized carbons (Fsp3) is 0.250. The second kappa shape index (κ2) is 10.9. The van der Waals surface area contributed by atoms with Gasteiger partial charge in [-0.1, -0.05) is 72.3 Å². The number of piperazine rings is 1. The summed E-state index contributed by atoms with van der Waals surface area (Å²) in [5.41, 5.74) is 2.64. The molecule has 0 aromatic heterocycles. The molecule has 3 aromatic rings. The summed E-state index contributed by atoms with van der Waals surface area (Å²) in [6, 6.07) is 25.8. The summed E-state index contributed by atoms with van der Waals surface area (Å²) >= 11 is 5.98. The van der Waals surface area contributed by atoms with Crippen LogP contribution in [0.25, 0.3) is 0 Å². The minimum atomic E-state index is -0.850. The normalized spacial score (nSPS) is 18.9. The molecule has 0 saturated carbocycles. The van der Waals surface area contributed by atoms with Crippen LogP contribution in [0.1, 0.15) is 17.0 Å². The average molecular weight is 502 g/mol. The Balaban J connectivity index is 1.30. The highest BCUT2D eigenvalue weighted by molar-refractivity contribution is 6.30. The average Bonchev–Trinajstić information content (AvgIpc) is 3.28. The van der Waals surface area contributed by atoms with Gasteiger partial charge in [-0.15, -0.1) is 0 Å². The van der Waals surface area contributed by atoms with Gasteiger partial charge in [0.25, 0.3) is 5.91 Å². The fourth-order valence-electron chi connectivity index (χ4n) is 4.64. The molecule has 2 aliphatic rings. The van der Waals surface area contributed by atoms with E-state index in [2.05, 4.69) is 44.7 Å². The first kappa shape index (κ1) is 24.0. The summed E-state index contributed by atoms with van der Waals surface area (Å²) in [5.74, 6) is -0.776. The molecule has 184 valence electrons. The summed E-state index contributed by atoms with van der Waals surface area (Å²) in [6.45, 7) is 4.15. The molecule has 0 unspecified atom stereocenters. The van der Waals surface area contributed by atoms with E-state index in [4.69, 9.17) is 16.6 Å². The Hall–Kier alpha value is -3.68. The summed E-state index contributed by atoms with van der Waals surface area (Å²) in [4.78, 5) is 35.7. The van der Waals surface area contributed by atoms with Crippen LogP contribution >= 0.6 is 11.6 Å². The van der Waals surface area contributed by atoms with Crippen LogP contribution in [0.2, 0.25) is 5.02 Å². The molecule has 1 saturated heterocycles. The quantitative estimate of drug-likeness (QED) is 0.539. The van der Waals surface area contributed by atoms with Crippen molar-refractivity contribution in [1.29, 1.82) is 0 Å². The first-order valence-corrected chi connectivity index (χ1v) is 12.5. The second-order valence-electron chi connectivity index (χ2n) is 9.02. The summed E-state index contributed by atoms with van der Waals surface area (Å²) in [5, 5.41) is 6.44. The number of benzene rings is 3. The van der Waals surface area contributed by atoms with E-state index in [0.29, 0.717) is 16.7 Å². The number of hydrogen-bond donors (Lipinski definition) is 2. The summed E-state index contributed by atoms with van der Waals surface area (Å²) in [6.07, 6.45) is 0. The van der Waals surface area contributed by atoms with E-state index in [0.717, 1.165) is 38.3 Å². The second-order valence-corrected chi connectivity index (χ2v) is 9.46. The Morgan fingerprint density at radius 2 is 1.58 bits per heavy atom. The maximum absolute atomic E-state index is 13.4. The van der Waals surface area contributed by atoms with Crippen molar-refractivity contribution in [2.24, 2.45) is 4.99 Å². The van der Waals surface area contributed by atoms with Crippen molar-refractivity contribution >= 4 is 35.1 Å². The zero-order valence-corrected chi connectivity index (χ0v) is 20.6. The first-order valence-electron chi connectivity index (χ1n) is 12.1. The van der Waals surface area contributed by atoms with Gasteiger partial charge in [0.15, 0.2) is 0 Å². The molecule has 7 nitrogen and oxygen atoms in total. The van der Waals surface area contributed by atoms with Gasteiger partial charge in [-0.05, 0) is 35.4 Å². The van der Waals surface area contributed by atoms with Gasteiger partial charge < -0.3 is 10.2 Å². The van der Waals surface area contributed by atoms with Crippen LogP contribution in [0.3, 0.4) is 0 Å². The highest BCUT2D eigenvalue weighted by Gasteiger charge is 2.40. The molecule has 8 heteroatoms. The number of hydrogen-bond acceptors (Lipinski definition) is 5. The Kier molecular flexibility index (Phi) is 7.30. The van der Waals surface area contributed by atoms with E-state index in [-0.39, 0.29) is 11.8 Å². The third kappa shape index (κ3) is 5.58. The molecule has 0 spiro atoms. The Labute approximate surface area is 215 Å². The van der Waals surface area contributed by atoms with Crippen molar-refractivity contribution in [3.05, 3.63) is 101 Å². The molecule has 2 heterocycles. The highest BCUT2D eigenvalue weighted by atomic mass is 35.5. The standard InChI is InChI=1S/C28H28ClN5O2/c29-22-11-13-23(14-12-22)30-26(35)24(21-9-5-2-6-10-21)25-27(36)32-28(31-25)34-17-15-33(16-18-34)19-20-7-3-1-4-8-20/h1-14,24-25H,15-19H2,(H,30,35)(H,31,32,36)/t24-,25-/m1/s1. The Morgan fingerprint density at radius 3 is 2.25 bits per heavy atom. The van der Waals surface area contributed by atoms with Crippen LogP contribution in [-0.4, -0.2) is 59.8 Å². The topological polar surface area (TPSA) is 77.0 Å². The van der Waals surface area contributed by atoms with E-state index in [1.807, 2.05) is 36.4 Å². The zero-order valence-electron chi connectivity index (χ0n) is 19.8. The molecule has 2 aliphatic heterocycles. The monoisotopic (exact) mass is 501 g/mol. The maximum atomic E-state index is 13.4. The number of carbonyl (C=O) groups is 2. The summed E-state index contributed by atoms with van der Waals surface area (Å²) < 4.78 is 0. The number of rotatable bonds is 6. The minimum Gasteiger partial charge on any atom is -0.340 e. The molecule has 2 N–H and O–H groups in total. The number of guanidine groups is 1.